The number of carbonyl (C=O) groups is 2. The second kappa shape index (κ2) is 15.3. The second-order valence-electron chi connectivity index (χ2n) is 5.69. The highest BCUT2D eigenvalue weighted by atomic mass is 16.5. The molecular formula is C19H32O4. The van der Waals surface area contributed by atoms with Gasteiger partial charge in [-0.3, -0.25) is 9.59 Å². The zero-order chi connectivity index (χ0) is 17.3. The fraction of sp³-hybridized carbons (Fsp3) is 0.684. The number of esters is 2. The van der Waals surface area contributed by atoms with E-state index in [9.17, 15) is 9.59 Å². The summed E-state index contributed by atoms with van der Waals surface area (Å²) in [5.41, 5.74) is 0. The van der Waals surface area contributed by atoms with Crippen molar-refractivity contribution in [2.75, 3.05) is 13.2 Å². The number of allylic oxidation sites excluding steroid dienone is 1. The fourth-order valence-corrected chi connectivity index (χ4v) is 2.23. The third kappa shape index (κ3) is 12.6. The van der Waals surface area contributed by atoms with Crippen LogP contribution in [-0.4, -0.2) is 25.2 Å². The van der Waals surface area contributed by atoms with Crippen LogP contribution in [0.1, 0.15) is 64.7 Å². The molecule has 0 aliphatic carbocycles. The summed E-state index contributed by atoms with van der Waals surface area (Å²) in [4.78, 5) is 23.6. The van der Waals surface area contributed by atoms with Crippen LogP contribution in [0, 0.1) is 5.92 Å². The van der Waals surface area contributed by atoms with Gasteiger partial charge in [-0.25, -0.2) is 0 Å². The summed E-state index contributed by atoms with van der Waals surface area (Å²) in [7, 11) is 0. The van der Waals surface area contributed by atoms with E-state index in [0.29, 0.717) is 13.0 Å². The van der Waals surface area contributed by atoms with Gasteiger partial charge < -0.3 is 9.47 Å². The molecule has 1 unspecified atom stereocenters. The summed E-state index contributed by atoms with van der Waals surface area (Å²) >= 11 is 0. The van der Waals surface area contributed by atoms with Crippen LogP contribution < -0.4 is 0 Å². The lowest BCUT2D eigenvalue weighted by Gasteiger charge is -2.13. The molecule has 1 atom stereocenters. The Balaban J connectivity index is 3.90. The molecule has 0 aromatic carbocycles. The molecule has 23 heavy (non-hydrogen) atoms. The normalized spacial score (nSPS) is 11.5. The lowest BCUT2D eigenvalue weighted by Crippen LogP contribution is -2.22. The first-order valence-corrected chi connectivity index (χ1v) is 8.69. The molecule has 0 amide bonds. The number of rotatable bonds is 15. The van der Waals surface area contributed by atoms with Gasteiger partial charge in [0, 0.05) is 0 Å². The van der Waals surface area contributed by atoms with Crippen LogP contribution in [0.5, 0.6) is 0 Å². The Morgan fingerprint density at radius 3 is 2.22 bits per heavy atom. The van der Waals surface area contributed by atoms with Crippen molar-refractivity contribution in [2.24, 2.45) is 5.92 Å². The molecular weight excluding hydrogens is 292 g/mol. The number of carbonyl (C=O) groups excluding carboxylic acids is 2. The number of unbranched alkanes of at least 4 members (excludes halogenated alkanes) is 6. The quantitative estimate of drug-likeness (QED) is 0.251. The molecule has 0 saturated heterocycles. The van der Waals surface area contributed by atoms with Crippen molar-refractivity contribution in [3.63, 3.8) is 0 Å². The highest BCUT2D eigenvalue weighted by Gasteiger charge is 2.22. The molecule has 0 heterocycles. The van der Waals surface area contributed by atoms with E-state index in [4.69, 9.17) is 9.47 Å². The predicted octanol–water partition coefficient (Wildman–Crippen LogP) is 4.59. The Labute approximate surface area is 140 Å². The maximum atomic E-state index is 12.0. The van der Waals surface area contributed by atoms with Gasteiger partial charge in [-0.05, 0) is 12.8 Å². The van der Waals surface area contributed by atoms with Crippen molar-refractivity contribution in [3.8, 4) is 0 Å². The van der Waals surface area contributed by atoms with Gasteiger partial charge in [0.05, 0.1) is 18.9 Å². The zero-order valence-corrected chi connectivity index (χ0v) is 14.6. The Morgan fingerprint density at radius 2 is 1.61 bits per heavy atom. The first-order valence-electron chi connectivity index (χ1n) is 8.69. The summed E-state index contributed by atoms with van der Waals surface area (Å²) in [5, 5.41) is 0. The summed E-state index contributed by atoms with van der Waals surface area (Å²) < 4.78 is 10.2. The molecule has 0 spiro atoms. The Bertz CT molecular complexity index is 349. The molecule has 0 rings (SSSR count). The standard InChI is InChI=1S/C19H32O4/c1-4-7-8-9-10-11-12-15-23-19(21)17(13-5-2)16-18(20)22-14-6-3/h5-6,17H,2-4,7-16H2,1H3. The molecule has 0 N–H and O–H groups in total. The van der Waals surface area contributed by atoms with E-state index in [2.05, 4.69) is 20.1 Å². The Kier molecular flexibility index (Phi) is 14.3. The second-order valence-corrected chi connectivity index (χ2v) is 5.69. The summed E-state index contributed by atoms with van der Waals surface area (Å²) in [6.07, 6.45) is 11.8. The highest BCUT2D eigenvalue weighted by Crippen LogP contribution is 2.14. The molecule has 0 radical (unpaired) electrons. The minimum atomic E-state index is -0.505. The summed E-state index contributed by atoms with van der Waals surface area (Å²) in [5.74, 6) is -1.26. The lowest BCUT2D eigenvalue weighted by atomic mass is 10.0. The van der Waals surface area contributed by atoms with E-state index in [-0.39, 0.29) is 19.0 Å². The van der Waals surface area contributed by atoms with Gasteiger partial charge >= 0.3 is 11.9 Å². The van der Waals surface area contributed by atoms with Crippen LogP contribution in [0.15, 0.2) is 25.3 Å². The van der Waals surface area contributed by atoms with Gasteiger partial charge in [-0.2, -0.15) is 0 Å². The molecule has 0 aliphatic rings. The Hall–Kier alpha value is -1.58. The van der Waals surface area contributed by atoms with Crippen LogP contribution >= 0.6 is 0 Å². The molecule has 132 valence electrons. The van der Waals surface area contributed by atoms with Crippen LogP contribution in [0.25, 0.3) is 0 Å². The molecule has 0 aromatic rings. The Morgan fingerprint density at radius 1 is 0.957 bits per heavy atom. The third-order valence-electron chi connectivity index (χ3n) is 3.55. The van der Waals surface area contributed by atoms with Gasteiger partial charge in [0.15, 0.2) is 0 Å². The van der Waals surface area contributed by atoms with E-state index in [1.165, 1.54) is 38.2 Å². The summed E-state index contributed by atoms with van der Waals surface area (Å²) in [6.45, 7) is 9.88. The van der Waals surface area contributed by atoms with Gasteiger partial charge in [0.25, 0.3) is 0 Å². The zero-order valence-electron chi connectivity index (χ0n) is 14.6. The molecule has 0 saturated carbocycles. The average Bonchev–Trinajstić information content (AvgIpc) is 2.54. The van der Waals surface area contributed by atoms with Crippen molar-refractivity contribution in [3.05, 3.63) is 25.3 Å². The van der Waals surface area contributed by atoms with Gasteiger partial charge in [-0.1, -0.05) is 64.2 Å². The van der Waals surface area contributed by atoms with Crippen LogP contribution in [-0.2, 0) is 19.1 Å². The molecule has 0 bridgehead atoms. The summed E-state index contributed by atoms with van der Waals surface area (Å²) in [6, 6.07) is 0. The SMILES string of the molecule is C=CCOC(=O)CC(CC=C)C(=O)OCCCCCCCCC. The van der Waals surface area contributed by atoms with Crippen molar-refractivity contribution in [1.29, 1.82) is 0 Å². The predicted molar refractivity (Wildman–Crippen MR) is 93.0 cm³/mol. The smallest absolute Gasteiger partial charge is 0.309 e. The van der Waals surface area contributed by atoms with Gasteiger partial charge in [0.2, 0.25) is 0 Å². The van der Waals surface area contributed by atoms with E-state index < -0.39 is 11.9 Å². The minimum Gasteiger partial charge on any atom is -0.465 e. The fourth-order valence-electron chi connectivity index (χ4n) is 2.23. The molecule has 4 heteroatoms. The van der Waals surface area contributed by atoms with Crippen LogP contribution in [0.2, 0.25) is 0 Å². The van der Waals surface area contributed by atoms with Crippen molar-refractivity contribution >= 4 is 11.9 Å². The third-order valence-corrected chi connectivity index (χ3v) is 3.55. The highest BCUT2D eigenvalue weighted by molar-refractivity contribution is 5.80. The van der Waals surface area contributed by atoms with Crippen molar-refractivity contribution < 1.29 is 19.1 Å². The molecule has 0 aliphatic heterocycles. The van der Waals surface area contributed by atoms with Crippen LogP contribution in [0.3, 0.4) is 0 Å². The first kappa shape index (κ1) is 21.4. The van der Waals surface area contributed by atoms with Crippen molar-refractivity contribution in [1.82, 2.24) is 0 Å². The maximum absolute atomic E-state index is 12.0. The average molecular weight is 324 g/mol. The van der Waals surface area contributed by atoms with E-state index >= 15 is 0 Å². The lowest BCUT2D eigenvalue weighted by molar-refractivity contribution is -0.154. The van der Waals surface area contributed by atoms with E-state index in [1.54, 1.807) is 6.08 Å². The van der Waals surface area contributed by atoms with Gasteiger partial charge in [-0.15, -0.1) is 6.58 Å². The van der Waals surface area contributed by atoms with E-state index in [1.807, 2.05) is 0 Å². The number of hydrogen-bond acceptors (Lipinski definition) is 4. The molecule has 0 fully saturated rings. The van der Waals surface area contributed by atoms with Crippen molar-refractivity contribution in [2.45, 2.75) is 64.7 Å². The topological polar surface area (TPSA) is 52.6 Å². The maximum Gasteiger partial charge on any atom is 0.309 e. The first-order chi connectivity index (χ1) is 11.2. The number of hydrogen-bond donors (Lipinski definition) is 0. The largest absolute Gasteiger partial charge is 0.465 e. The monoisotopic (exact) mass is 324 g/mol. The molecule has 4 nitrogen and oxygen atoms in total. The number of ether oxygens (including phenoxy) is 2. The van der Waals surface area contributed by atoms with Gasteiger partial charge in [0.1, 0.15) is 6.61 Å². The van der Waals surface area contributed by atoms with E-state index in [0.717, 1.165) is 12.8 Å². The molecule has 0 aromatic heterocycles. The van der Waals surface area contributed by atoms with Crippen LogP contribution in [0.4, 0.5) is 0 Å². The minimum absolute atomic E-state index is 0.0235.